The Hall–Kier alpha value is -3.45. The van der Waals surface area contributed by atoms with Crippen molar-refractivity contribution in [2.75, 3.05) is 0 Å². The Morgan fingerprint density at radius 2 is 0.867 bits per heavy atom. The molecule has 0 amide bonds. The van der Waals surface area contributed by atoms with Crippen LogP contribution in [0.2, 0.25) is 0 Å². The molecule has 173 valence electrons. The first-order valence-electron chi connectivity index (χ1n) is 7.97. The molecule has 0 aromatic carbocycles. The second-order valence-corrected chi connectivity index (χ2v) is 5.57. The number of hydrogen-bond acceptors (Lipinski definition) is 6. The van der Waals surface area contributed by atoms with Crippen LogP contribution >= 0.6 is 0 Å². The summed E-state index contributed by atoms with van der Waals surface area (Å²) >= 11 is 0. The number of H-pyrrole nitrogens is 3. The fraction of sp³-hybridized carbons (Fsp3) is 0.400. The fourth-order valence-electron chi connectivity index (χ4n) is 1.66. The molecule has 0 fully saturated rings. The van der Waals surface area contributed by atoms with Gasteiger partial charge in [0.2, 0.25) is 0 Å². The Bertz CT molecular complexity index is 687. The van der Waals surface area contributed by atoms with Gasteiger partial charge in [0.05, 0.1) is 17.1 Å². The molecule has 15 heteroatoms. The minimum atomic E-state index is -1.50. The molecule has 14 nitrogen and oxygen atoms in total. The first kappa shape index (κ1) is 31.3. The number of aryl methyl sites for hydroxylation is 6. The van der Waals surface area contributed by atoms with E-state index in [1.54, 1.807) is 0 Å². The molecule has 3 rings (SSSR count). The van der Waals surface area contributed by atoms with E-state index in [1.807, 2.05) is 59.7 Å². The summed E-state index contributed by atoms with van der Waals surface area (Å²) in [6.45, 7) is 11.8. The zero-order chi connectivity index (χ0) is 23.0. The van der Waals surface area contributed by atoms with Gasteiger partial charge in [-0.2, -0.15) is 15.3 Å². The molecule has 6 N–H and O–H groups in total. The van der Waals surface area contributed by atoms with E-state index in [9.17, 15) is 0 Å². The number of nitrogens with zero attached hydrogens (tertiary/aromatic N) is 5. The summed E-state index contributed by atoms with van der Waals surface area (Å²) in [7, 11) is 0. The first-order valence-corrected chi connectivity index (χ1v) is 7.97. The Balaban J connectivity index is -0.000000309. The van der Waals surface area contributed by atoms with Gasteiger partial charge in [0.25, 0.3) is 5.09 Å². The summed E-state index contributed by atoms with van der Waals surface area (Å²) in [5.41, 5.74) is 6.53. The number of hydrogen-bond donors (Lipinski definition) is 6. The van der Waals surface area contributed by atoms with Gasteiger partial charge >= 0.3 is 5.09 Å². The van der Waals surface area contributed by atoms with Crippen molar-refractivity contribution in [3.63, 3.8) is 0 Å². The summed E-state index contributed by atoms with van der Waals surface area (Å²) in [4.78, 5) is 16.8. The third-order valence-electron chi connectivity index (χ3n) is 2.50. The molecule has 0 aliphatic heterocycles. The van der Waals surface area contributed by atoms with Crippen molar-refractivity contribution in [2.24, 2.45) is 0 Å². The van der Waals surface area contributed by atoms with Crippen LogP contribution in [0.3, 0.4) is 0 Å². The van der Waals surface area contributed by atoms with Crippen LogP contribution in [0.15, 0.2) is 18.2 Å². The standard InChI is InChI=1S/3C5H8N2.Cu.H2NO3.HNO3/c3*1-4-3-5(2)7-6-4;;2*2-1(3)4/h3*3H,1-2H3,(H,6,7);;(H2,2,3,4);(H,2,3,4)/q;;;;+1;. The van der Waals surface area contributed by atoms with E-state index in [0.29, 0.717) is 0 Å². The second kappa shape index (κ2) is 17.6. The number of aromatic nitrogens is 6. The maximum absolute atomic E-state index is 8.47. The van der Waals surface area contributed by atoms with Gasteiger partial charge in [-0.15, -0.1) is 10.1 Å². The molecular formula is C15H27CuN8O6+. The first-order chi connectivity index (χ1) is 13.3. The third-order valence-corrected chi connectivity index (χ3v) is 2.50. The summed E-state index contributed by atoms with van der Waals surface area (Å²) < 4.78 is 0. The van der Waals surface area contributed by atoms with Crippen molar-refractivity contribution in [2.45, 2.75) is 41.5 Å². The van der Waals surface area contributed by atoms with Gasteiger partial charge in [0.1, 0.15) is 4.91 Å². The van der Waals surface area contributed by atoms with Crippen LogP contribution in [0.4, 0.5) is 0 Å². The normalized spacial score (nSPS) is 8.20. The molecule has 0 unspecified atom stereocenters. The molecule has 3 aromatic heterocycles. The monoisotopic (exact) mass is 478 g/mol. The van der Waals surface area contributed by atoms with Crippen LogP contribution in [-0.4, -0.2) is 56.4 Å². The quantitative estimate of drug-likeness (QED) is 0.158. The van der Waals surface area contributed by atoms with Crippen LogP contribution in [0.1, 0.15) is 34.2 Å². The zero-order valence-electron chi connectivity index (χ0n) is 17.3. The molecule has 0 aliphatic rings. The summed E-state index contributed by atoms with van der Waals surface area (Å²) in [5, 5.41) is 46.3. The molecule has 0 aliphatic carbocycles. The van der Waals surface area contributed by atoms with Gasteiger partial charge in [0.15, 0.2) is 0 Å². The number of nitrogens with one attached hydrogen (secondary N) is 3. The number of aromatic amines is 3. The zero-order valence-corrected chi connectivity index (χ0v) is 18.3. The van der Waals surface area contributed by atoms with Crippen molar-refractivity contribution in [3.8, 4) is 0 Å². The Morgan fingerprint density at radius 3 is 0.900 bits per heavy atom. The molecule has 0 bridgehead atoms. The third kappa shape index (κ3) is 24.5. The average molecular weight is 479 g/mol. The van der Waals surface area contributed by atoms with E-state index in [0.717, 1.165) is 34.2 Å². The predicted molar refractivity (Wildman–Crippen MR) is 100 cm³/mol. The molecule has 0 saturated carbocycles. The van der Waals surface area contributed by atoms with Gasteiger partial charge in [-0.3, -0.25) is 15.3 Å². The summed E-state index contributed by atoms with van der Waals surface area (Å²) in [6, 6.07) is 6.00. The van der Waals surface area contributed by atoms with E-state index < -0.39 is 10.2 Å². The molecule has 1 radical (unpaired) electrons. The molecule has 0 atom stereocenters. The molecule has 0 spiro atoms. The smallest absolute Gasteiger partial charge is 0.328 e. The van der Waals surface area contributed by atoms with E-state index in [4.69, 9.17) is 30.6 Å². The summed E-state index contributed by atoms with van der Waals surface area (Å²) in [6.07, 6.45) is 0. The van der Waals surface area contributed by atoms with Crippen LogP contribution in [0, 0.1) is 56.6 Å². The van der Waals surface area contributed by atoms with Crippen LogP contribution < -0.4 is 0 Å². The van der Waals surface area contributed by atoms with Crippen molar-refractivity contribution in [1.29, 1.82) is 0 Å². The Labute approximate surface area is 182 Å². The Kier molecular flexibility index (Phi) is 18.4. The van der Waals surface area contributed by atoms with Gasteiger partial charge in [-0.1, -0.05) is 0 Å². The summed E-state index contributed by atoms with van der Waals surface area (Å²) in [5.74, 6) is 0. The molecule has 0 saturated heterocycles. The molecule has 30 heavy (non-hydrogen) atoms. The van der Waals surface area contributed by atoms with E-state index in [-0.39, 0.29) is 17.1 Å². The number of rotatable bonds is 0. The van der Waals surface area contributed by atoms with Gasteiger partial charge in [-0.05, 0) is 59.7 Å². The van der Waals surface area contributed by atoms with Crippen LogP contribution in [0.25, 0.3) is 0 Å². The maximum Gasteiger partial charge on any atom is 0.472 e. The molecule has 3 heterocycles. The largest absolute Gasteiger partial charge is 0.472 e. The van der Waals surface area contributed by atoms with Gasteiger partial charge in [-0.25, -0.2) is 10.4 Å². The molecular weight excluding hydrogens is 452 g/mol. The van der Waals surface area contributed by atoms with E-state index in [2.05, 4.69) is 30.6 Å². The van der Waals surface area contributed by atoms with Crippen LogP contribution in [0.5, 0.6) is 0 Å². The van der Waals surface area contributed by atoms with E-state index in [1.165, 1.54) is 0 Å². The van der Waals surface area contributed by atoms with Crippen molar-refractivity contribution >= 4 is 0 Å². The minimum absolute atomic E-state index is 0. The SMILES string of the molecule is Cc1cc(C)[nH]n1.Cc1cc(C)[nH]n1.Cc1cc(C)[nH]n1.O=[N+](O)O.O=[N+]([O-])O.[Cu]. The van der Waals surface area contributed by atoms with Gasteiger partial charge < -0.3 is 5.21 Å². The van der Waals surface area contributed by atoms with Crippen molar-refractivity contribution in [3.05, 3.63) is 67.4 Å². The second-order valence-electron chi connectivity index (χ2n) is 5.57. The average Bonchev–Trinajstić information content (AvgIpc) is 3.23. The van der Waals surface area contributed by atoms with Crippen LogP contribution in [-0.2, 0) is 17.1 Å². The topological polar surface area (TPSA) is 210 Å². The van der Waals surface area contributed by atoms with Crippen molar-refractivity contribution in [1.82, 2.24) is 30.6 Å². The maximum atomic E-state index is 8.47. The predicted octanol–water partition coefficient (Wildman–Crippen LogP) is 2.27. The minimum Gasteiger partial charge on any atom is -0.328 e. The van der Waals surface area contributed by atoms with Crippen molar-refractivity contribution < 1.29 is 42.9 Å². The fourth-order valence-corrected chi connectivity index (χ4v) is 1.66. The molecule has 3 aromatic rings. The Morgan fingerprint density at radius 1 is 0.700 bits per heavy atom. The van der Waals surface area contributed by atoms with E-state index >= 15 is 0 Å². The van der Waals surface area contributed by atoms with Gasteiger partial charge in [0, 0.05) is 34.2 Å².